The minimum absolute atomic E-state index is 0.169. The van der Waals surface area contributed by atoms with Crippen LogP contribution in [0.4, 0.5) is 0 Å². The molecule has 0 fully saturated rings. The molecule has 2 aromatic heterocycles. The number of nitrogens with zero attached hydrogens (tertiary/aromatic N) is 3. The molecular weight excluding hydrogens is 262 g/mol. The molecule has 3 N–H and O–H groups in total. The van der Waals surface area contributed by atoms with Gasteiger partial charge in [0.25, 0.3) is 0 Å². The Hall–Kier alpha value is -2.37. The summed E-state index contributed by atoms with van der Waals surface area (Å²) in [6, 6.07) is 9.98. The predicted molar refractivity (Wildman–Crippen MR) is 82.4 cm³/mol. The summed E-state index contributed by atoms with van der Waals surface area (Å²) in [5, 5.41) is 10.5. The lowest BCUT2D eigenvalue weighted by atomic mass is 9.95. The van der Waals surface area contributed by atoms with E-state index in [1.165, 1.54) is 0 Å². The van der Waals surface area contributed by atoms with E-state index >= 15 is 0 Å². The van der Waals surface area contributed by atoms with Gasteiger partial charge in [0.15, 0.2) is 0 Å². The number of aromatic nitrogens is 3. The molecule has 0 radical (unpaired) electrons. The maximum atomic E-state index is 5.82. The summed E-state index contributed by atoms with van der Waals surface area (Å²) in [5.74, 6) is 5.82. The van der Waals surface area contributed by atoms with Gasteiger partial charge in [0, 0.05) is 23.3 Å². The van der Waals surface area contributed by atoms with Gasteiger partial charge in [-0.05, 0) is 30.9 Å². The molecule has 0 bridgehead atoms. The Balaban J connectivity index is 2.21. The van der Waals surface area contributed by atoms with Crippen LogP contribution in [0.2, 0.25) is 0 Å². The van der Waals surface area contributed by atoms with Gasteiger partial charge in [-0.15, -0.1) is 0 Å². The SMILES string of the molecule is Cc1cc(C(NN)c2cncc3ccccc23)c(C)nn1. The number of nitrogens with one attached hydrogen (secondary N) is 1. The lowest BCUT2D eigenvalue weighted by Crippen LogP contribution is -2.30. The van der Waals surface area contributed by atoms with Gasteiger partial charge in [-0.2, -0.15) is 10.2 Å². The first-order chi connectivity index (χ1) is 10.2. The van der Waals surface area contributed by atoms with Gasteiger partial charge in [0.05, 0.1) is 17.4 Å². The van der Waals surface area contributed by atoms with Crippen LogP contribution in [0, 0.1) is 13.8 Å². The van der Waals surface area contributed by atoms with Gasteiger partial charge < -0.3 is 0 Å². The molecule has 0 saturated heterocycles. The van der Waals surface area contributed by atoms with Crippen molar-refractivity contribution < 1.29 is 0 Å². The molecular formula is C16H17N5. The van der Waals surface area contributed by atoms with E-state index in [9.17, 15) is 0 Å². The lowest BCUT2D eigenvalue weighted by Gasteiger charge is -2.20. The van der Waals surface area contributed by atoms with Crippen LogP contribution in [0.25, 0.3) is 10.8 Å². The molecule has 1 unspecified atom stereocenters. The molecule has 0 aliphatic rings. The van der Waals surface area contributed by atoms with Crippen molar-refractivity contribution in [2.24, 2.45) is 5.84 Å². The summed E-state index contributed by atoms with van der Waals surface area (Å²) in [6.45, 7) is 3.86. The summed E-state index contributed by atoms with van der Waals surface area (Å²) < 4.78 is 0. The molecule has 0 aliphatic carbocycles. The van der Waals surface area contributed by atoms with Crippen molar-refractivity contribution in [1.29, 1.82) is 0 Å². The van der Waals surface area contributed by atoms with Gasteiger partial charge in [-0.3, -0.25) is 10.8 Å². The van der Waals surface area contributed by atoms with Crippen molar-refractivity contribution in [1.82, 2.24) is 20.6 Å². The first kappa shape index (κ1) is 13.6. The van der Waals surface area contributed by atoms with E-state index in [4.69, 9.17) is 5.84 Å². The van der Waals surface area contributed by atoms with Crippen molar-refractivity contribution in [2.45, 2.75) is 19.9 Å². The maximum absolute atomic E-state index is 5.82. The standard InChI is InChI=1S/C16H17N5/c1-10-7-14(11(2)21-20-10)16(19-17)15-9-18-8-12-5-3-4-6-13(12)15/h3-9,16,19H,17H2,1-2H3. The average Bonchev–Trinajstić information content (AvgIpc) is 2.51. The smallest absolute Gasteiger partial charge is 0.0749 e. The van der Waals surface area contributed by atoms with Crippen molar-refractivity contribution in [2.75, 3.05) is 0 Å². The number of benzene rings is 1. The number of hydrazine groups is 1. The van der Waals surface area contributed by atoms with Gasteiger partial charge in [0.1, 0.15) is 0 Å². The molecule has 1 atom stereocenters. The van der Waals surface area contributed by atoms with Crippen LogP contribution in [-0.2, 0) is 0 Å². The molecule has 3 rings (SSSR count). The Bertz CT molecular complexity index is 779. The van der Waals surface area contributed by atoms with Gasteiger partial charge >= 0.3 is 0 Å². The van der Waals surface area contributed by atoms with E-state index < -0.39 is 0 Å². The van der Waals surface area contributed by atoms with Gasteiger partial charge in [0.2, 0.25) is 0 Å². The van der Waals surface area contributed by atoms with E-state index in [-0.39, 0.29) is 6.04 Å². The molecule has 0 saturated carbocycles. The zero-order valence-corrected chi connectivity index (χ0v) is 12.0. The Labute approximate surface area is 123 Å². The molecule has 1 aromatic carbocycles. The zero-order chi connectivity index (χ0) is 14.8. The summed E-state index contributed by atoms with van der Waals surface area (Å²) in [6.07, 6.45) is 3.71. The minimum Gasteiger partial charge on any atom is -0.271 e. The highest BCUT2D eigenvalue weighted by Crippen LogP contribution is 2.28. The molecule has 0 amide bonds. The molecule has 0 aliphatic heterocycles. The van der Waals surface area contributed by atoms with Gasteiger partial charge in [-0.1, -0.05) is 24.3 Å². The first-order valence-electron chi connectivity index (χ1n) is 6.80. The fourth-order valence-electron chi connectivity index (χ4n) is 2.58. The molecule has 0 spiro atoms. The molecule has 3 aromatic rings. The number of hydrogen-bond acceptors (Lipinski definition) is 5. The lowest BCUT2D eigenvalue weighted by molar-refractivity contribution is 0.628. The van der Waals surface area contributed by atoms with Crippen LogP contribution in [0.1, 0.15) is 28.6 Å². The summed E-state index contributed by atoms with van der Waals surface area (Å²) >= 11 is 0. The van der Waals surface area contributed by atoms with E-state index in [2.05, 4.69) is 26.7 Å². The molecule has 106 valence electrons. The number of hydrogen-bond donors (Lipinski definition) is 2. The van der Waals surface area contributed by atoms with E-state index in [1.54, 1.807) is 0 Å². The van der Waals surface area contributed by atoms with E-state index in [0.29, 0.717) is 0 Å². The summed E-state index contributed by atoms with van der Waals surface area (Å²) in [5.41, 5.74) is 6.66. The third kappa shape index (κ3) is 2.49. The Morgan fingerprint density at radius 2 is 1.86 bits per heavy atom. The average molecular weight is 279 g/mol. The van der Waals surface area contributed by atoms with Crippen molar-refractivity contribution >= 4 is 10.8 Å². The second-order valence-corrected chi connectivity index (χ2v) is 5.08. The second-order valence-electron chi connectivity index (χ2n) is 5.08. The number of nitrogens with two attached hydrogens (primary N) is 1. The topological polar surface area (TPSA) is 76.7 Å². The van der Waals surface area contributed by atoms with E-state index in [0.717, 1.165) is 33.3 Å². The molecule has 5 nitrogen and oxygen atoms in total. The Kier molecular flexibility index (Phi) is 3.60. The second kappa shape index (κ2) is 5.55. The molecule has 2 heterocycles. The fourth-order valence-corrected chi connectivity index (χ4v) is 2.58. The minimum atomic E-state index is -0.169. The highest BCUT2D eigenvalue weighted by Gasteiger charge is 2.18. The van der Waals surface area contributed by atoms with Crippen LogP contribution in [0.15, 0.2) is 42.7 Å². The first-order valence-corrected chi connectivity index (χ1v) is 6.80. The molecule has 21 heavy (non-hydrogen) atoms. The number of pyridine rings is 1. The van der Waals surface area contributed by atoms with Crippen LogP contribution in [0.5, 0.6) is 0 Å². The number of aryl methyl sites for hydroxylation is 2. The summed E-state index contributed by atoms with van der Waals surface area (Å²) in [4.78, 5) is 4.33. The van der Waals surface area contributed by atoms with Crippen molar-refractivity contribution in [3.8, 4) is 0 Å². The number of fused-ring (bicyclic) bond motifs is 1. The number of rotatable bonds is 3. The highest BCUT2D eigenvalue weighted by molar-refractivity contribution is 5.85. The summed E-state index contributed by atoms with van der Waals surface area (Å²) in [7, 11) is 0. The highest BCUT2D eigenvalue weighted by atomic mass is 15.2. The fraction of sp³-hybridized carbons (Fsp3) is 0.188. The van der Waals surface area contributed by atoms with Crippen molar-refractivity contribution in [3.63, 3.8) is 0 Å². The molecule has 5 heteroatoms. The monoisotopic (exact) mass is 279 g/mol. The largest absolute Gasteiger partial charge is 0.271 e. The zero-order valence-electron chi connectivity index (χ0n) is 12.0. The quantitative estimate of drug-likeness (QED) is 0.567. The van der Waals surface area contributed by atoms with Crippen LogP contribution >= 0.6 is 0 Å². The third-order valence-corrected chi connectivity index (χ3v) is 3.63. The van der Waals surface area contributed by atoms with Crippen LogP contribution in [0.3, 0.4) is 0 Å². The van der Waals surface area contributed by atoms with Crippen molar-refractivity contribution in [3.05, 3.63) is 65.2 Å². The van der Waals surface area contributed by atoms with Crippen LogP contribution < -0.4 is 11.3 Å². The Morgan fingerprint density at radius 3 is 2.67 bits per heavy atom. The maximum Gasteiger partial charge on any atom is 0.0749 e. The van der Waals surface area contributed by atoms with Crippen LogP contribution in [-0.4, -0.2) is 15.2 Å². The van der Waals surface area contributed by atoms with E-state index in [1.807, 2.05) is 50.5 Å². The Morgan fingerprint density at radius 1 is 1.05 bits per heavy atom. The normalized spacial score (nSPS) is 12.5. The predicted octanol–water partition coefficient (Wildman–Crippen LogP) is 2.19. The van der Waals surface area contributed by atoms with Gasteiger partial charge in [-0.25, -0.2) is 5.43 Å². The third-order valence-electron chi connectivity index (χ3n) is 3.63.